The Labute approximate surface area is 207 Å². The number of anilines is 1. The molecule has 0 aromatic heterocycles. The van der Waals surface area contributed by atoms with Crippen molar-refractivity contribution >= 4 is 56.9 Å². The first-order valence-electron chi connectivity index (χ1n) is 10.1. The molecule has 0 spiro atoms. The molecule has 0 saturated heterocycles. The van der Waals surface area contributed by atoms with Crippen molar-refractivity contribution in [3.05, 3.63) is 112 Å². The monoisotopic (exact) mass is 512 g/mol. The smallest absolute Gasteiger partial charge is 0.363 e. The lowest BCUT2D eigenvalue weighted by molar-refractivity contribution is -0.129. The molecule has 1 heterocycles. The van der Waals surface area contributed by atoms with Crippen molar-refractivity contribution < 1.29 is 17.9 Å². The minimum Gasteiger partial charge on any atom is -0.402 e. The molecular weight excluding hydrogens is 495 g/mol. The molecule has 0 radical (unpaired) electrons. The predicted molar refractivity (Wildman–Crippen MR) is 135 cm³/mol. The van der Waals surface area contributed by atoms with E-state index < -0.39 is 16.0 Å². The molecule has 3 aromatic carbocycles. The minimum absolute atomic E-state index is 0.00533. The molecule has 4 rings (SSSR count). The topological polar surface area (TPSA) is 76.0 Å². The Bertz CT molecular complexity index is 1430. The molecule has 172 valence electrons. The number of hydrogen-bond acceptors (Lipinski definition) is 5. The average molecular weight is 513 g/mol. The molecule has 0 atom stereocenters. The van der Waals surface area contributed by atoms with E-state index in [9.17, 15) is 13.2 Å². The highest BCUT2D eigenvalue weighted by molar-refractivity contribution is 7.92. The van der Waals surface area contributed by atoms with Crippen LogP contribution in [0.4, 0.5) is 5.69 Å². The standard InChI is InChI=1S/C25H18Cl2N2O4S/c1-2-14-29(34(31,32)20-12-10-18(26)11-13-20)23-9-4-3-8-21(23)24-28-22(25(30)33-24)16-17-6-5-7-19(27)15-17/h2-13,15-16H,1,14H2/b22-16-. The third-order valence-corrected chi connectivity index (χ3v) is 7.15. The molecule has 9 heteroatoms. The molecule has 0 aliphatic carbocycles. The number of carbonyl (C=O) groups is 1. The first-order chi connectivity index (χ1) is 16.3. The largest absolute Gasteiger partial charge is 0.402 e. The Hall–Kier alpha value is -3.39. The molecule has 0 bridgehead atoms. The summed E-state index contributed by atoms with van der Waals surface area (Å²) in [4.78, 5) is 16.9. The molecule has 6 nitrogen and oxygen atoms in total. The number of benzene rings is 3. The van der Waals surface area contributed by atoms with Gasteiger partial charge in [-0.05, 0) is 60.2 Å². The van der Waals surface area contributed by atoms with Crippen molar-refractivity contribution in [2.45, 2.75) is 4.90 Å². The van der Waals surface area contributed by atoms with Crippen molar-refractivity contribution in [1.82, 2.24) is 0 Å². The molecule has 34 heavy (non-hydrogen) atoms. The number of aliphatic imine (C=N–C) groups is 1. The molecule has 3 aromatic rings. The number of hydrogen-bond donors (Lipinski definition) is 0. The first kappa shape index (κ1) is 23.8. The maximum absolute atomic E-state index is 13.5. The number of ether oxygens (including phenoxy) is 1. The number of carbonyl (C=O) groups excluding carboxylic acids is 1. The summed E-state index contributed by atoms with van der Waals surface area (Å²) in [5, 5.41) is 0.934. The summed E-state index contributed by atoms with van der Waals surface area (Å²) >= 11 is 11.9. The lowest BCUT2D eigenvalue weighted by Crippen LogP contribution is -2.32. The van der Waals surface area contributed by atoms with Gasteiger partial charge in [-0.1, -0.05) is 53.5 Å². The second-order valence-electron chi connectivity index (χ2n) is 7.19. The quantitative estimate of drug-likeness (QED) is 0.230. The highest BCUT2D eigenvalue weighted by Crippen LogP contribution is 2.31. The molecule has 1 aliphatic heterocycles. The zero-order valence-electron chi connectivity index (χ0n) is 17.7. The number of para-hydroxylation sites is 1. The van der Waals surface area contributed by atoms with Gasteiger partial charge in [0.15, 0.2) is 5.70 Å². The van der Waals surface area contributed by atoms with Gasteiger partial charge in [0.05, 0.1) is 22.7 Å². The van der Waals surface area contributed by atoms with Gasteiger partial charge in [0, 0.05) is 10.0 Å². The Morgan fingerprint density at radius 2 is 1.71 bits per heavy atom. The van der Waals surface area contributed by atoms with Crippen LogP contribution in [0.1, 0.15) is 11.1 Å². The molecule has 0 N–H and O–H groups in total. The van der Waals surface area contributed by atoms with Crippen molar-refractivity contribution in [3.8, 4) is 0 Å². The van der Waals surface area contributed by atoms with Gasteiger partial charge in [-0.25, -0.2) is 18.2 Å². The summed E-state index contributed by atoms with van der Waals surface area (Å²) in [5.41, 5.74) is 1.37. The number of rotatable bonds is 7. The fourth-order valence-electron chi connectivity index (χ4n) is 3.33. The Kier molecular flexibility index (Phi) is 6.88. The maximum Gasteiger partial charge on any atom is 0.363 e. The van der Waals surface area contributed by atoms with E-state index >= 15 is 0 Å². The van der Waals surface area contributed by atoms with Crippen LogP contribution in [0.25, 0.3) is 6.08 Å². The van der Waals surface area contributed by atoms with E-state index in [0.717, 1.165) is 0 Å². The van der Waals surface area contributed by atoms with Crippen molar-refractivity contribution in [3.63, 3.8) is 0 Å². The zero-order chi connectivity index (χ0) is 24.3. The molecule has 0 unspecified atom stereocenters. The highest BCUT2D eigenvalue weighted by Gasteiger charge is 2.31. The normalized spacial score (nSPS) is 14.6. The number of sulfonamides is 1. The Morgan fingerprint density at radius 1 is 0.971 bits per heavy atom. The van der Waals surface area contributed by atoms with E-state index in [1.54, 1.807) is 54.6 Å². The van der Waals surface area contributed by atoms with E-state index in [0.29, 0.717) is 21.2 Å². The van der Waals surface area contributed by atoms with Gasteiger partial charge < -0.3 is 4.74 Å². The molecule has 0 fully saturated rings. The average Bonchev–Trinajstić information content (AvgIpc) is 3.17. The highest BCUT2D eigenvalue weighted by atomic mass is 35.5. The third kappa shape index (κ3) is 4.92. The van der Waals surface area contributed by atoms with E-state index in [1.807, 2.05) is 0 Å². The molecular formula is C25H18Cl2N2O4S. The van der Waals surface area contributed by atoms with Crippen LogP contribution < -0.4 is 4.31 Å². The summed E-state index contributed by atoms with van der Waals surface area (Å²) in [7, 11) is -3.99. The van der Waals surface area contributed by atoms with Crippen molar-refractivity contribution in [2.24, 2.45) is 4.99 Å². The SMILES string of the molecule is C=CCN(c1ccccc1C1=N/C(=C\c2cccc(Cl)c2)C(=O)O1)S(=O)(=O)c1ccc(Cl)cc1. The van der Waals surface area contributed by atoms with Gasteiger partial charge in [-0.15, -0.1) is 6.58 Å². The third-order valence-electron chi connectivity index (χ3n) is 4.87. The summed E-state index contributed by atoms with van der Waals surface area (Å²) in [6.07, 6.45) is 3.02. The van der Waals surface area contributed by atoms with Gasteiger partial charge in [-0.2, -0.15) is 0 Å². The fourth-order valence-corrected chi connectivity index (χ4v) is 5.11. The summed E-state index contributed by atoms with van der Waals surface area (Å²) in [5.74, 6) is -0.658. The number of nitrogens with zero attached hydrogens (tertiary/aromatic N) is 2. The van der Waals surface area contributed by atoms with Gasteiger partial charge >= 0.3 is 5.97 Å². The van der Waals surface area contributed by atoms with Crippen LogP contribution in [0.3, 0.4) is 0 Å². The van der Waals surface area contributed by atoms with Crippen LogP contribution in [0.2, 0.25) is 10.0 Å². The van der Waals surface area contributed by atoms with E-state index in [2.05, 4.69) is 11.6 Å². The van der Waals surface area contributed by atoms with Crippen LogP contribution in [0.5, 0.6) is 0 Å². The Balaban J connectivity index is 1.78. The van der Waals surface area contributed by atoms with Gasteiger partial charge in [-0.3, -0.25) is 4.31 Å². The second-order valence-corrected chi connectivity index (χ2v) is 9.92. The van der Waals surface area contributed by atoms with Crippen LogP contribution in [0.15, 0.2) is 101 Å². The van der Waals surface area contributed by atoms with Gasteiger partial charge in [0.25, 0.3) is 10.0 Å². The van der Waals surface area contributed by atoms with E-state index in [-0.39, 0.29) is 28.7 Å². The zero-order valence-corrected chi connectivity index (χ0v) is 20.0. The molecule has 1 aliphatic rings. The summed E-state index contributed by atoms with van der Waals surface area (Å²) in [6, 6.07) is 19.4. The number of cyclic esters (lactones) is 1. The number of esters is 1. The van der Waals surface area contributed by atoms with Crippen molar-refractivity contribution in [2.75, 3.05) is 10.8 Å². The van der Waals surface area contributed by atoms with Crippen LogP contribution in [-0.2, 0) is 19.6 Å². The first-order valence-corrected chi connectivity index (χ1v) is 12.3. The fraction of sp³-hybridized carbons (Fsp3) is 0.0400. The van der Waals surface area contributed by atoms with Crippen LogP contribution in [-0.4, -0.2) is 26.8 Å². The van der Waals surface area contributed by atoms with Crippen LogP contribution in [0, 0.1) is 0 Å². The van der Waals surface area contributed by atoms with E-state index in [1.165, 1.54) is 34.6 Å². The summed E-state index contributed by atoms with van der Waals surface area (Å²) < 4.78 is 33.5. The second kappa shape index (κ2) is 9.85. The predicted octanol–water partition coefficient (Wildman–Crippen LogP) is 5.72. The molecule has 0 amide bonds. The Morgan fingerprint density at radius 3 is 2.41 bits per heavy atom. The maximum atomic E-state index is 13.5. The lowest BCUT2D eigenvalue weighted by Gasteiger charge is -2.25. The molecule has 0 saturated carbocycles. The van der Waals surface area contributed by atoms with Gasteiger partial charge in [0.1, 0.15) is 0 Å². The lowest BCUT2D eigenvalue weighted by atomic mass is 10.1. The van der Waals surface area contributed by atoms with E-state index in [4.69, 9.17) is 27.9 Å². The summed E-state index contributed by atoms with van der Waals surface area (Å²) in [6.45, 7) is 3.67. The van der Waals surface area contributed by atoms with Crippen LogP contribution >= 0.6 is 23.2 Å². The van der Waals surface area contributed by atoms with Gasteiger partial charge in [0.2, 0.25) is 5.90 Å². The number of halogens is 2. The minimum atomic E-state index is -3.99. The van der Waals surface area contributed by atoms with Crippen molar-refractivity contribution in [1.29, 1.82) is 0 Å².